The van der Waals surface area contributed by atoms with E-state index in [1.165, 1.54) is 0 Å². The molecule has 2 aromatic rings. The van der Waals surface area contributed by atoms with E-state index in [-0.39, 0.29) is 11.4 Å². The van der Waals surface area contributed by atoms with Gasteiger partial charge in [0.1, 0.15) is 16.9 Å². The van der Waals surface area contributed by atoms with Gasteiger partial charge in [0.2, 0.25) is 0 Å². The first-order valence-electron chi connectivity index (χ1n) is 7.60. The molecule has 132 valence electrons. The van der Waals surface area contributed by atoms with Crippen molar-refractivity contribution in [3.05, 3.63) is 49.3 Å². The van der Waals surface area contributed by atoms with E-state index in [1.807, 2.05) is 20.8 Å². The average molecular weight is 344 g/mol. The van der Waals surface area contributed by atoms with Gasteiger partial charge in [-0.25, -0.2) is 9.59 Å². The number of pyridine rings is 1. The number of carboxylic acids is 2. The predicted molar refractivity (Wildman–Crippen MR) is 94.5 cm³/mol. The number of aromatic carboxylic acids is 2. The number of nitrogen functional groups attached to an aromatic ring is 1. The molecule has 0 bridgehead atoms. The second-order valence-corrected chi connectivity index (χ2v) is 6.10. The zero-order valence-corrected chi connectivity index (χ0v) is 14.7. The number of aromatic nitrogens is 1. The third-order valence-electron chi connectivity index (χ3n) is 4.92. The number of benzene rings is 1. The number of carbonyl (C=O) groups is 2. The molecule has 0 aliphatic heterocycles. The maximum absolute atomic E-state index is 12.2. The molecule has 0 aliphatic rings. The quantitative estimate of drug-likeness (QED) is 0.676. The summed E-state index contributed by atoms with van der Waals surface area (Å²) in [5.74, 6) is -3.28. The summed E-state index contributed by atoms with van der Waals surface area (Å²) in [5.41, 5.74) is 8.30. The number of nitrogens with two attached hydrogens (primary N) is 1. The molecular weight excluding hydrogens is 324 g/mol. The number of hydrogen-bond donors (Lipinski definition) is 4. The lowest BCUT2D eigenvalue weighted by Gasteiger charge is -2.21. The molecule has 0 spiro atoms. The molecule has 2 rings (SSSR count). The molecule has 25 heavy (non-hydrogen) atoms. The SMILES string of the molecule is Cc1c(C)c(C)c(-c2c(C(=O)O)c(N)[nH]c(=O)c2C(=O)O)c(C)c1C. The first-order valence-corrected chi connectivity index (χ1v) is 7.60. The van der Waals surface area contributed by atoms with Crippen molar-refractivity contribution in [2.45, 2.75) is 34.6 Å². The smallest absolute Gasteiger partial charge is 0.342 e. The molecule has 1 aromatic carbocycles. The van der Waals surface area contributed by atoms with Crippen LogP contribution >= 0.6 is 0 Å². The van der Waals surface area contributed by atoms with Gasteiger partial charge in [-0.15, -0.1) is 0 Å². The molecule has 0 aliphatic carbocycles. The van der Waals surface area contributed by atoms with Crippen LogP contribution in [0.3, 0.4) is 0 Å². The van der Waals surface area contributed by atoms with E-state index in [4.69, 9.17) is 5.73 Å². The fraction of sp³-hybridized carbons (Fsp3) is 0.278. The zero-order valence-electron chi connectivity index (χ0n) is 14.7. The fourth-order valence-corrected chi connectivity index (χ4v) is 3.17. The Hall–Kier alpha value is -3.09. The minimum atomic E-state index is -1.51. The van der Waals surface area contributed by atoms with E-state index < -0.39 is 28.6 Å². The topological polar surface area (TPSA) is 133 Å². The summed E-state index contributed by atoms with van der Waals surface area (Å²) in [4.78, 5) is 37.8. The summed E-state index contributed by atoms with van der Waals surface area (Å²) in [6.07, 6.45) is 0. The summed E-state index contributed by atoms with van der Waals surface area (Å²) < 4.78 is 0. The minimum absolute atomic E-state index is 0.151. The van der Waals surface area contributed by atoms with Gasteiger partial charge in [-0.05, 0) is 68.0 Å². The standard InChI is InChI=1S/C18H20N2O5/c1-6-7(2)9(4)11(10(5)8(6)3)12-13(17(22)23)15(19)20-16(21)14(12)18(24)25/h1-5H3,(H,22,23)(H,24,25)(H3,19,20,21). The van der Waals surface area contributed by atoms with Crippen molar-refractivity contribution in [3.8, 4) is 11.1 Å². The van der Waals surface area contributed by atoms with Crippen LogP contribution in [0, 0.1) is 34.6 Å². The van der Waals surface area contributed by atoms with Crippen LogP contribution in [-0.4, -0.2) is 27.1 Å². The van der Waals surface area contributed by atoms with Crippen molar-refractivity contribution in [2.75, 3.05) is 5.73 Å². The molecule has 5 N–H and O–H groups in total. The molecule has 0 saturated carbocycles. The van der Waals surface area contributed by atoms with Crippen LogP contribution in [0.4, 0.5) is 5.82 Å². The number of anilines is 1. The molecule has 7 heteroatoms. The fourth-order valence-electron chi connectivity index (χ4n) is 3.17. The van der Waals surface area contributed by atoms with Gasteiger partial charge in [0, 0.05) is 5.56 Å². The van der Waals surface area contributed by atoms with E-state index in [2.05, 4.69) is 4.98 Å². The Morgan fingerprint density at radius 1 is 0.760 bits per heavy atom. The summed E-state index contributed by atoms with van der Waals surface area (Å²) >= 11 is 0. The van der Waals surface area contributed by atoms with Gasteiger partial charge in [0.25, 0.3) is 5.56 Å². The van der Waals surface area contributed by atoms with E-state index in [0.29, 0.717) is 5.56 Å². The average Bonchev–Trinajstić information content (AvgIpc) is 2.50. The number of H-pyrrole nitrogens is 1. The van der Waals surface area contributed by atoms with Crippen molar-refractivity contribution in [1.29, 1.82) is 0 Å². The second-order valence-electron chi connectivity index (χ2n) is 6.10. The first-order chi connectivity index (χ1) is 11.5. The lowest BCUT2D eigenvalue weighted by Crippen LogP contribution is -2.25. The predicted octanol–water partition coefficient (Wildman–Crippen LogP) is 2.56. The first kappa shape index (κ1) is 18.3. The van der Waals surface area contributed by atoms with E-state index in [9.17, 15) is 24.6 Å². The Bertz CT molecular complexity index is 957. The Kier molecular flexibility index (Phi) is 4.44. The number of carboxylic acid groups (broad SMARTS) is 2. The maximum atomic E-state index is 12.2. The summed E-state index contributed by atoms with van der Waals surface area (Å²) in [6, 6.07) is 0. The minimum Gasteiger partial charge on any atom is -0.478 e. The van der Waals surface area contributed by atoms with Crippen molar-refractivity contribution in [1.82, 2.24) is 4.98 Å². The Balaban J connectivity index is 3.21. The van der Waals surface area contributed by atoms with Crippen molar-refractivity contribution >= 4 is 17.8 Å². The Morgan fingerprint density at radius 2 is 1.16 bits per heavy atom. The molecule has 0 fully saturated rings. The summed E-state index contributed by atoms with van der Waals surface area (Å²) in [6.45, 7) is 9.24. The Morgan fingerprint density at radius 3 is 1.56 bits per heavy atom. The van der Waals surface area contributed by atoms with Gasteiger partial charge >= 0.3 is 11.9 Å². The highest BCUT2D eigenvalue weighted by Gasteiger charge is 2.29. The summed E-state index contributed by atoms with van der Waals surface area (Å²) in [7, 11) is 0. The van der Waals surface area contributed by atoms with Gasteiger partial charge in [-0.3, -0.25) is 4.79 Å². The number of nitrogens with one attached hydrogen (secondary N) is 1. The Labute approximate surface area is 144 Å². The molecular formula is C18H20N2O5. The highest BCUT2D eigenvalue weighted by Crippen LogP contribution is 2.38. The van der Waals surface area contributed by atoms with Crippen molar-refractivity contribution < 1.29 is 19.8 Å². The largest absolute Gasteiger partial charge is 0.478 e. The van der Waals surface area contributed by atoms with Crippen LogP contribution in [0.25, 0.3) is 11.1 Å². The van der Waals surface area contributed by atoms with Gasteiger partial charge < -0.3 is 20.9 Å². The molecule has 0 atom stereocenters. The summed E-state index contributed by atoms with van der Waals surface area (Å²) in [5, 5.41) is 19.1. The van der Waals surface area contributed by atoms with E-state index in [0.717, 1.165) is 27.8 Å². The molecule has 1 aromatic heterocycles. The van der Waals surface area contributed by atoms with Crippen molar-refractivity contribution in [3.63, 3.8) is 0 Å². The van der Waals surface area contributed by atoms with Gasteiger partial charge in [-0.1, -0.05) is 0 Å². The van der Waals surface area contributed by atoms with Crippen LogP contribution in [-0.2, 0) is 0 Å². The van der Waals surface area contributed by atoms with Crippen LogP contribution in [0.15, 0.2) is 4.79 Å². The van der Waals surface area contributed by atoms with Crippen LogP contribution < -0.4 is 11.3 Å². The molecule has 0 radical (unpaired) electrons. The molecule has 7 nitrogen and oxygen atoms in total. The van der Waals surface area contributed by atoms with Crippen LogP contribution in [0.5, 0.6) is 0 Å². The van der Waals surface area contributed by atoms with E-state index in [1.54, 1.807) is 13.8 Å². The van der Waals surface area contributed by atoms with Crippen LogP contribution in [0.1, 0.15) is 48.5 Å². The lowest BCUT2D eigenvalue weighted by atomic mass is 9.83. The second kappa shape index (κ2) is 6.08. The highest BCUT2D eigenvalue weighted by atomic mass is 16.4. The normalized spacial score (nSPS) is 10.8. The third-order valence-corrected chi connectivity index (χ3v) is 4.92. The lowest BCUT2D eigenvalue weighted by molar-refractivity contribution is 0.0695. The number of aromatic amines is 1. The van der Waals surface area contributed by atoms with Gasteiger partial charge in [-0.2, -0.15) is 0 Å². The molecule has 0 amide bonds. The monoisotopic (exact) mass is 344 g/mol. The molecule has 1 heterocycles. The zero-order chi connectivity index (χ0) is 19.2. The van der Waals surface area contributed by atoms with Gasteiger partial charge in [0.05, 0.1) is 0 Å². The highest BCUT2D eigenvalue weighted by molar-refractivity contribution is 6.08. The van der Waals surface area contributed by atoms with Gasteiger partial charge in [0.15, 0.2) is 0 Å². The maximum Gasteiger partial charge on any atom is 0.342 e. The molecule has 0 unspecified atom stereocenters. The van der Waals surface area contributed by atoms with E-state index >= 15 is 0 Å². The molecule has 0 saturated heterocycles. The third kappa shape index (κ3) is 2.67. The number of rotatable bonds is 3. The number of hydrogen-bond acceptors (Lipinski definition) is 4. The van der Waals surface area contributed by atoms with Crippen molar-refractivity contribution in [2.24, 2.45) is 0 Å². The van der Waals surface area contributed by atoms with Crippen LogP contribution in [0.2, 0.25) is 0 Å².